The van der Waals surface area contributed by atoms with Crippen molar-refractivity contribution < 1.29 is 39.4 Å². The minimum atomic E-state index is -0.567. The monoisotopic (exact) mass is 1390 g/mol. The molecule has 1 aliphatic rings. The van der Waals surface area contributed by atoms with Gasteiger partial charge in [0.15, 0.2) is 0 Å². The molecule has 0 aliphatic carbocycles. The number of phenols is 4. The summed E-state index contributed by atoms with van der Waals surface area (Å²) < 4.78 is 26.1. The second kappa shape index (κ2) is 33.1. The first-order valence-corrected chi connectivity index (χ1v) is 36.0. The zero-order valence-electron chi connectivity index (χ0n) is 62.3. The number of rotatable bonds is 4. The van der Waals surface area contributed by atoms with Crippen molar-refractivity contribution in [3.63, 3.8) is 0 Å². The van der Waals surface area contributed by atoms with Crippen LogP contribution < -0.4 is 0 Å². The number of phenolic OH excluding ortho intramolecular Hbond substituents is 4. The molecule has 0 saturated heterocycles. The lowest BCUT2D eigenvalue weighted by molar-refractivity contribution is 0.103. The van der Waals surface area contributed by atoms with Crippen LogP contribution in [-0.4, -0.2) is 45.3 Å². The quantitative estimate of drug-likeness (QED) is 0.135. The number of fused-ring (bicyclic) bond motifs is 12. The van der Waals surface area contributed by atoms with E-state index in [-0.39, 0.29) is 49.4 Å². The zero-order chi connectivity index (χ0) is 73.8. The lowest BCUT2D eigenvalue weighted by Crippen LogP contribution is -2.14. The molecule has 10 aromatic rings. The van der Waals surface area contributed by atoms with Crippen molar-refractivity contribution in [3.05, 3.63) is 330 Å². The van der Waals surface area contributed by atoms with E-state index in [1.807, 2.05) is 158 Å². The standard InChI is InChI=1S/C92H100N4O8/c1-89(2,3)77-45-65-41-73(85(77)97)49-93-81(69-31-17-13-18-32-69)82(70-33-19-14-20-34-70)94-50-74-42-66(46-78(86(74)98)90(4,5)6)59-103-55-63-29-26-30-64(40-63)56-104-60-68-44-76(88(100)80(48-68)92(10,11)12)52-96-84(72-37-23-16-24-38-72)83(71-35-21-15-22-36-71)95-51-75-43-67(47-79(87(75)99)91(7,8)9)58-102-54-62-28-25-27-61(39-62)53-101-57-65/h13-52,81-84,97-100H,53-60H2,1-12H3/t81-,82-,83-,84-/m1/s1. The third-order valence-corrected chi connectivity index (χ3v) is 18.8. The minimum Gasteiger partial charge on any atom is -0.507 e. The highest BCUT2D eigenvalue weighted by Gasteiger charge is 2.30. The number of aliphatic imine (C=N–C) groups is 4. The summed E-state index contributed by atoms with van der Waals surface area (Å²) in [5.41, 5.74) is 14.6. The molecule has 12 bridgehead atoms. The first kappa shape index (κ1) is 75.1. The molecule has 4 N–H and O–H groups in total. The molecule has 10 aromatic carbocycles. The highest BCUT2D eigenvalue weighted by atomic mass is 16.5. The summed E-state index contributed by atoms with van der Waals surface area (Å²) in [6.45, 7) is 27.4. The topological polar surface area (TPSA) is 167 Å². The van der Waals surface area contributed by atoms with Crippen LogP contribution in [0.15, 0.2) is 238 Å². The second-order valence-corrected chi connectivity index (χ2v) is 31.5. The van der Waals surface area contributed by atoms with Crippen LogP contribution in [0.3, 0.4) is 0 Å². The Hall–Kier alpha value is -10.1. The van der Waals surface area contributed by atoms with Gasteiger partial charge in [0.25, 0.3) is 0 Å². The average Bonchev–Trinajstić information content (AvgIpc) is 0.808. The fourth-order valence-corrected chi connectivity index (χ4v) is 13.3. The second-order valence-electron chi connectivity index (χ2n) is 31.5. The molecule has 12 heteroatoms. The molecule has 104 heavy (non-hydrogen) atoms. The summed E-state index contributed by atoms with van der Waals surface area (Å²) in [6, 6.07) is 70.3. The number of hydrogen-bond donors (Lipinski definition) is 4. The first-order chi connectivity index (χ1) is 49.7. The van der Waals surface area contributed by atoms with Crippen LogP contribution in [0, 0.1) is 0 Å². The fraction of sp³-hybridized carbons (Fsp3) is 0.304. The van der Waals surface area contributed by atoms with Crippen LogP contribution in [0.1, 0.15) is 219 Å². The van der Waals surface area contributed by atoms with Crippen molar-refractivity contribution in [2.24, 2.45) is 20.0 Å². The summed E-state index contributed by atoms with van der Waals surface area (Å²) in [5, 5.41) is 48.7. The Kier molecular flexibility index (Phi) is 23.9. The van der Waals surface area contributed by atoms with E-state index < -0.39 is 45.8 Å². The van der Waals surface area contributed by atoms with Gasteiger partial charge in [-0.2, -0.15) is 0 Å². The molecule has 536 valence electrons. The van der Waals surface area contributed by atoms with Gasteiger partial charge < -0.3 is 39.4 Å². The van der Waals surface area contributed by atoms with Crippen LogP contribution >= 0.6 is 0 Å². The van der Waals surface area contributed by atoms with Gasteiger partial charge in [-0.15, -0.1) is 0 Å². The van der Waals surface area contributed by atoms with Crippen molar-refractivity contribution >= 4 is 24.9 Å². The van der Waals surface area contributed by atoms with Gasteiger partial charge in [0.05, 0.1) is 52.9 Å². The van der Waals surface area contributed by atoms with E-state index in [2.05, 4.69) is 144 Å². The Labute approximate surface area is 615 Å². The summed E-state index contributed by atoms with van der Waals surface area (Å²) in [6.07, 6.45) is 7.06. The van der Waals surface area contributed by atoms with E-state index in [1.165, 1.54) is 0 Å². The Morgan fingerprint density at radius 1 is 0.240 bits per heavy atom. The highest BCUT2D eigenvalue weighted by Crippen LogP contribution is 2.43. The molecule has 0 saturated carbocycles. The number of ether oxygens (including phenoxy) is 4. The normalized spacial score (nSPS) is 17.3. The zero-order valence-corrected chi connectivity index (χ0v) is 62.3. The molecule has 0 spiro atoms. The Bertz CT molecular complexity index is 4090. The smallest absolute Gasteiger partial charge is 0.128 e. The maximum absolute atomic E-state index is 12.2. The van der Waals surface area contributed by atoms with Crippen LogP contribution in [0.2, 0.25) is 0 Å². The minimum absolute atomic E-state index is 0.144. The lowest BCUT2D eigenvalue weighted by Gasteiger charge is -2.24. The van der Waals surface area contributed by atoms with Gasteiger partial charge in [-0.1, -0.05) is 253 Å². The summed E-state index contributed by atoms with van der Waals surface area (Å²) in [7, 11) is 0. The molecule has 11 rings (SSSR count). The Morgan fingerprint density at radius 2 is 0.433 bits per heavy atom. The van der Waals surface area contributed by atoms with Gasteiger partial charge >= 0.3 is 0 Å². The molecular formula is C92H100N4O8. The van der Waals surface area contributed by atoms with Crippen LogP contribution in [0.25, 0.3) is 0 Å². The highest BCUT2D eigenvalue weighted by molar-refractivity contribution is 5.88. The van der Waals surface area contributed by atoms with E-state index in [0.29, 0.717) is 48.7 Å². The van der Waals surface area contributed by atoms with Crippen LogP contribution in [-0.2, 0) is 93.5 Å². The summed E-state index contributed by atoms with van der Waals surface area (Å²) >= 11 is 0. The van der Waals surface area contributed by atoms with Crippen LogP contribution in [0.4, 0.5) is 0 Å². The van der Waals surface area contributed by atoms with E-state index in [9.17, 15) is 20.4 Å². The van der Waals surface area contributed by atoms with Crippen LogP contribution in [0.5, 0.6) is 23.0 Å². The lowest BCUT2D eigenvalue weighted by atomic mass is 9.84. The van der Waals surface area contributed by atoms with E-state index in [4.69, 9.17) is 38.9 Å². The van der Waals surface area contributed by atoms with Gasteiger partial charge in [0.2, 0.25) is 0 Å². The van der Waals surface area contributed by atoms with Gasteiger partial charge in [-0.05, 0) is 137 Å². The van der Waals surface area contributed by atoms with Gasteiger partial charge in [-0.25, -0.2) is 0 Å². The van der Waals surface area contributed by atoms with Crippen molar-refractivity contribution in [1.82, 2.24) is 0 Å². The molecule has 0 unspecified atom stereocenters. The molecular weight excluding hydrogens is 1290 g/mol. The molecule has 0 fully saturated rings. The maximum atomic E-state index is 12.2. The van der Waals surface area contributed by atoms with E-state index >= 15 is 0 Å². The third kappa shape index (κ3) is 19.4. The molecule has 0 aromatic heterocycles. The number of benzene rings is 10. The SMILES string of the molecule is CC(C)(C)c1cc2cc(c1O)C=N[C@H](c1ccccc1)[C@@H](c1ccccc1)N=Cc1cc(cc(C(C)(C)C)c1O)COCc1cccc(c1)COCc1cc(c(O)c(C(C)(C)C)c1)C=N[C@H](c1ccccc1)[C@@H](c1ccccc1)N=Cc1cc(cc(C(C)(C)C)c1O)COCc1cccc(c1)COC2. The molecule has 1 aliphatic heterocycles. The third-order valence-electron chi connectivity index (χ3n) is 18.8. The van der Waals surface area contributed by atoms with Crippen molar-refractivity contribution in [2.75, 3.05) is 0 Å². The number of nitrogens with zero attached hydrogens (tertiary/aromatic N) is 4. The number of hydrogen-bond acceptors (Lipinski definition) is 12. The largest absolute Gasteiger partial charge is 0.507 e. The Morgan fingerprint density at radius 3 is 0.625 bits per heavy atom. The fourth-order valence-electron chi connectivity index (χ4n) is 13.3. The van der Waals surface area contributed by atoms with Crippen molar-refractivity contribution in [3.8, 4) is 23.0 Å². The van der Waals surface area contributed by atoms with Gasteiger partial charge in [-0.3, -0.25) is 20.0 Å². The molecule has 0 amide bonds. The van der Waals surface area contributed by atoms with Crippen molar-refractivity contribution in [2.45, 2.75) is 182 Å². The van der Waals surface area contributed by atoms with Gasteiger partial charge in [0, 0.05) is 69.4 Å². The number of aromatic hydroxyl groups is 4. The van der Waals surface area contributed by atoms with Crippen molar-refractivity contribution in [1.29, 1.82) is 0 Å². The van der Waals surface area contributed by atoms with E-state index in [0.717, 1.165) is 89.0 Å². The molecule has 1 heterocycles. The molecule has 4 atom stereocenters. The van der Waals surface area contributed by atoms with Gasteiger partial charge in [0.1, 0.15) is 47.2 Å². The summed E-state index contributed by atoms with van der Waals surface area (Å²) in [4.78, 5) is 21.5. The molecule has 12 nitrogen and oxygen atoms in total. The maximum Gasteiger partial charge on any atom is 0.128 e. The first-order valence-electron chi connectivity index (χ1n) is 36.0. The predicted molar refractivity (Wildman–Crippen MR) is 421 cm³/mol. The molecule has 0 radical (unpaired) electrons. The average molecular weight is 1390 g/mol. The Balaban J connectivity index is 0.971. The van der Waals surface area contributed by atoms with E-state index in [1.54, 1.807) is 24.9 Å². The predicted octanol–water partition coefficient (Wildman–Crippen LogP) is 20.9. The summed E-state index contributed by atoms with van der Waals surface area (Å²) in [5.74, 6) is 0.575.